The van der Waals surface area contributed by atoms with Crippen LogP contribution < -0.4 is 0 Å². The molecule has 0 N–H and O–H groups in total. The zero-order chi connectivity index (χ0) is 18.7. The van der Waals surface area contributed by atoms with E-state index in [-0.39, 0.29) is 5.97 Å². The first-order chi connectivity index (χ1) is 12.5. The van der Waals surface area contributed by atoms with Gasteiger partial charge in [0.25, 0.3) is 0 Å². The molecule has 1 aliphatic rings. The van der Waals surface area contributed by atoms with E-state index in [9.17, 15) is 9.59 Å². The average Bonchev–Trinajstić information content (AvgIpc) is 3.02. The van der Waals surface area contributed by atoms with Gasteiger partial charge in [0, 0.05) is 5.56 Å². The first-order valence-corrected chi connectivity index (χ1v) is 8.42. The lowest BCUT2D eigenvalue weighted by atomic mass is 10.0. The Labute approximate surface area is 152 Å². The first kappa shape index (κ1) is 17.7. The van der Waals surface area contributed by atoms with Crippen LogP contribution in [0.1, 0.15) is 46.8 Å². The number of benzene rings is 2. The van der Waals surface area contributed by atoms with Crippen molar-refractivity contribution in [1.29, 1.82) is 0 Å². The second-order valence-electron chi connectivity index (χ2n) is 6.39. The van der Waals surface area contributed by atoms with Crippen molar-refractivity contribution in [2.75, 3.05) is 7.11 Å². The molecule has 132 valence electrons. The van der Waals surface area contributed by atoms with E-state index in [2.05, 4.69) is 18.6 Å². The van der Waals surface area contributed by atoms with Crippen LogP contribution in [-0.2, 0) is 14.3 Å². The van der Waals surface area contributed by atoms with Gasteiger partial charge < -0.3 is 9.47 Å². The quantitative estimate of drug-likeness (QED) is 0.599. The summed E-state index contributed by atoms with van der Waals surface area (Å²) < 4.78 is 10.1. The molecular weight excluding hydrogens is 328 g/mol. The molecule has 0 atom stereocenters. The molecule has 1 aliphatic heterocycles. The third kappa shape index (κ3) is 3.75. The fourth-order valence-electron chi connectivity index (χ4n) is 2.68. The fraction of sp³-hybridized carbons (Fsp3) is 0.182. The van der Waals surface area contributed by atoms with Crippen LogP contribution in [0.15, 0.2) is 60.2 Å². The highest BCUT2D eigenvalue weighted by Crippen LogP contribution is 2.28. The molecule has 2 aromatic rings. The minimum atomic E-state index is -0.392. The molecule has 0 aliphatic carbocycles. The highest BCUT2D eigenvalue weighted by molar-refractivity contribution is 6.05. The highest BCUT2D eigenvalue weighted by atomic mass is 16.5. The van der Waals surface area contributed by atoms with Crippen molar-refractivity contribution in [3.05, 3.63) is 82.4 Å². The van der Waals surface area contributed by atoms with Crippen LogP contribution in [0.5, 0.6) is 0 Å². The molecule has 26 heavy (non-hydrogen) atoms. The zero-order valence-corrected chi connectivity index (χ0v) is 15.0. The molecule has 0 aromatic heterocycles. The van der Waals surface area contributed by atoms with E-state index in [0.29, 0.717) is 22.8 Å². The second kappa shape index (κ2) is 7.40. The molecule has 1 heterocycles. The van der Waals surface area contributed by atoms with Gasteiger partial charge in [0.05, 0.1) is 18.2 Å². The summed E-state index contributed by atoms with van der Waals surface area (Å²) in [5, 5.41) is 0. The van der Waals surface area contributed by atoms with Crippen molar-refractivity contribution in [1.82, 2.24) is 0 Å². The number of hydrogen-bond donors (Lipinski definition) is 0. The van der Waals surface area contributed by atoms with Crippen LogP contribution in [0.2, 0.25) is 0 Å². The molecule has 0 saturated carbocycles. The Balaban J connectivity index is 1.83. The van der Waals surface area contributed by atoms with E-state index in [1.807, 2.05) is 24.3 Å². The van der Waals surface area contributed by atoms with Crippen molar-refractivity contribution in [3.63, 3.8) is 0 Å². The van der Waals surface area contributed by atoms with E-state index >= 15 is 0 Å². The van der Waals surface area contributed by atoms with Crippen molar-refractivity contribution >= 4 is 23.8 Å². The number of esters is 2. The van der Waals surface area contributed by atoms with E-state index < -0.39 is 5.97 Å². The normalized spacial score (nSPS) is 15.2. The van der Waals surface area contributed by atoms with Gasteiger partial charge in [-0.2, -0.15) is 0 Å². The third-order valence-corrected chi connectivity index (χ3v) is 4.24. The van der Waals surface area contributed by atoms with Crippen LogP contribution in [0.4, 0.5) is 0 Å². The summed E-state index contributed by atoms with van der Waals surface area (Å²) >= 11 is 0. The predicted octanol–water partition coefficient (Wildman–Crippen LogP) is 4.58. The van der Waals surface area contributed by atoms with Crippen molar-refractivity contribution in [2.24, 2.45) is 0 Å². The summed E-state index contributed by atoms with van der Waals surface area (Å²) in [5.41, 5.74) is 3.84. The lowest BCUT2D eigenvalue weighted by Crippen LogP contribution is -2.00. The van der Waals surface area contributed by atoms with Gasteiger partial charge in [0.2, 0.25) is 0 Å². The largest absolute Gasteiger partial charge is 0.465 e. The van der Waals surface area contributed by atoms with Gasteiger partial charge in [-0.15, -0.1) is 0 Å². The van der Waals surface area contributed by atoms with Crippen LogP contribution in [0, 0.1) is 0 Å². The molecule has 0 amide bonds. The van der Waals surface area contributed by atoms with Crippen LogP contribution in [0.3, 0.4) is 0 Å². The van der Waals surface area contributed by atoms with Gasteiger partial charge >= 0.3 is 11.9 Å². The standard InChI is InChI=1S/C22H20O4/c1-14(2)16-8-10-17(11-9-16)20-13-19(22(24)26-20)12-15-4-6-18(7-5-15)21(23)25-3/h4-14H,1-3H3/b19-12+. The van der Waals surface area contributed by atoms with Gasteiger partial charge in [-0.25, -0.2) is 9.59 Å². The monoisotopic (exact) mass is 348 g/mol. The van der Waals surface area contributed by atoms with Crippen LogP contribution in [-0.4, -0.2) is 19.0 Å². The fourth-order valence-corrected chi connectivity index (χ4v) is 2.68. The Hall–Kier alpha value is -3.14. The number of rotatable bonds is 4. The van der Waals surface area contributed by atoms with Crippen molar-refractivity contribution in [3.8, 4) is 0 Å². The topological polar surface area (TPSA) is 52.6 Å². The molecule has 4 nitrogen and oxygen atoms in total. The van der Waals surface area contributed by atoms with Crippen LogP contribution in [0.25, 0.3) is 11.8 Å². The molecule has 0 radical (unpaired) electrons. The summed E-state index contributed by atoms with van der Waals surface area (Å²) in [5.74, 6) is 0.219. The number of carbonyl (C=O) groups excluding carboxylic acids is 2. The summed E-state index contributed by atoms with van der Waals surface area (Å²) in [6, 6.07) is 14.8. The number of hydrogen-bond acceptors (Lipinski definition) is 4. The third-order valence-electron chi connectivity index (χ3n) is 4.24. The van der Waals surface area contributed by atoms with Crippen LogP contribution >= 0.6 is 0 Å². The zero-order valence-electron chi connectivity index (χ0n) is 15.0. The van der Waals surface area contributed by atoms with E-state index in [4.69, 9.17) is 4.74 Å². The summed E-state index contributed by atoms with van der Waals surface area (Å²) in [6.45, 7) is 4.27. The van der Waals surface area contributed by atoms with Gasteiger partial charge in [0.15, 0.2) is 0 Å². The molecule has 4 heteroatoms. The van der Waals surface area contributed by atoms with Gasteiger partial charge in [0.1, 0.15) is 5.76 Å². The summed E-state index contributed by atoms with van der Waals surface area (Å²) in [6.07, 6.45) is 3.47. The Bertz CT molecular complexity index is 885. The Kier molecular flexibility index (Phi) is 5.03. The van der Waals surface area contributed by atoms with E-state index in [0.717, 1.165) is 11.1 Å². The van der Waals surface area contributed by atoms with Gasteiger partial charge in [-0.05, 0) is 41.3 Å². The maximum absolute atomic E-state index is 12.1. The Morgan fingerprint density at radius 3 is 2.27 bits per heavy atom. The van der Waals surface area contributed by atoms with E-state index in [1.54, 1.807) is 36.4 Å². The highest BCUT2D eigenvalue weighted by Gasteiger charge is 2.22. The average molecular weight is 348 g/mol. The molecule has 0 saturated heterocycles. The molecule has 0 unspecified atom stereocenters. The minimum Gasteiger partial charge on any atom is -0.465 e. The predicted molar refractivity (Wildman–Crippen MR) is 100 cm³/mol. The lowest BCUT2D eigenvalue weighted by molar-refractivity contribution is -0.130. The maximum atomic E-state index is 12.1. The van der Waals surface area contributed by atoms with Gasteiger partial charge in [-0.3, -0.25) is 0 Å². The smallest absolute Gasteiger partial charge is 0.343 e. The molecule has 2 aromatic carbocycles. The van der Waals surface area contributed by atoms with Crippen molar-refractivity contribution < 1.29 is 19.1 Å². The molecule has 0 fully saturated rings. The van der Waals surface area contributed by atoms with Gasteiger partial charge in [-0.1, -0.05) is 50.2 Å². The molecular formula is C22H20O4. The number of methoxy groups -OCH3 is 1. The first-order valence-electron chi connectivity index (χ1n) is 8.42. The summed E-state index contributed by atoms with van der Waals surface area (Å²) in [7, 11) is 1.34. The Morgan fingerprint density at radius 1 is 1.04 bits per heavy atom. The maximum Gasteiger partial charge on any atom is 0.343 e. The Morgan fingerprint density at radius 2 is 1.69 bits per heavy atom. The molecule has 3 rings (SSSR count). The number of cyclic esters (lactones) is 1. The van der Waals surface area contributed by atoms with Crippen molar-refractivity contribution in [2.45, 2.75) is 19.8 Å². The summed E-state index contributed by atoms with van der Waals surface area (Å²) in [4.78, 5) is 23.6. The SMILES string of the molecule is COC(=O)c1ccc(/C=C2\C=C(c3ccc(C(C)C)cc3)OC2=O)cc1. The lowest BCUT2D eigenvalue weighted by Gasteiger charge is -2.06. The molecule has 0 spiro atoms. The molecule has 0 bridgehead atoms. The number of carbonyl (C=O) groups is 2. The van der Waals surface area contributed by atoms with E-state index in [1.165, 1.54) is 12.7 Å². The number of ether oxygens (including phenoxy) is 2. The second-order valence-corrected chi connectivity index (χ2v) is 6.39. The minimum absolute atomic E-state index is 0.384.